The van der Waals surface area contributed by atoms with Gasteiger partial charge >= 0.3 is 0 Å². The summed E-state index contributed by atoms with van der Waals surface area (Å²) in [4.78, 5) is 11.6. The fraction of sp³-hybridized carbons (Fsp3) is 0.600. The lowest BCUT2D eigenvalue weighted by atomic mass is 10.1. The van der Waals surface area contributed by atoms with Crippen LogP contribution in [0.25, 0.3) is 10.2 Å². The number of aryl methyl sites for hydroxylation is 1. The Morgan fingerprint density at radius 2 is 2.29 bits per heavy atom. The molecule has 6 heteroatoms. The molecular weight excluding hydrogens is 284 g/mol. The minimum Gasteiger partial charge on any atom is -0.376 e. The Hall–Kier alpha value is -1.40. The molecule has 3 rings (SSSR count). The van der Waals surface area contributed by atoms with Gasteiger partial charge in [-0.05, 0) is 32.8 Å². The number of thiophene rings is 1. The average molecular weight is 306 g/mol. The molecule has 0 amide bonds. The van der Waals surface area contributed by atoms with E-state index in [1.165, 1.54) is 4.88 Å². The monoisotopic (exact) mass is 306 g/mol. The third kappa shape index (κ3) is 3.11. The van der Waals surface area contributed by atoms with E-state index in [1.807, 2.05) is 0 Å². The fourth-order valence-electron chi connectivity index (χ4n) is 2.56. The molecule has 5 nitrogen and oxygen atoms in total. The van der Waals surface area contributed by atoms with Gasteiger partial charge in [0.15, 0.2) is 0 Å². The van der Waals surface area contributed by atoms with Crippen molar-refractivity contribution in [2.75, 3.05) is 23.8 Å². The number of fused-ring (bicyclic) bond motifs is 1. The van der Waals surface area contributed by atoms with Crippen LogP contribution < -0.4 is 10.6 Å². The van der Waals surface area contributed by atoms with Gasteiger partial charge in [0.05, 0.1) is 17.5 Å². The van der Waals surface area contributed by atoms with Crippen LogP contribution in [0.4, 0.5) is 11.8 Å². The number of rotatable bonds is 5. The molecule has 1 aliphatic rings. The molecule has 1 fully saturated rings. The van der Waals surface area contributed by atoms with Gasteiger partial charge in [-0.2, -0.15) is 4.98 Å². The van der Waals surface area contributed by atoms with E-state index in [9.17, 15) is 0 Å². The Bertz CT molecular complexity index is 627. The topological polar surface area (TPSA) is 59.1 Å². The van der Waals surface area contributed by atoms with E-state index in [2.05, 4.69) is 47.4 Å². The molecule has 0 saturated carbocycles. The summed E-state index contributed by atoms with van der Waals surface area (Å²) in [6.45, 7) is 8.06. The number of hydrogen-bond acceptors (Lipinski definition) is 6. The number of aromatic nitrogens is 2. The molecule has 3 heterocycles. The first kappa shape index (κ1) is 14.5. The molecule has 0 radical (unpaired) electrons. The van der Waals surface area contributed by atoms with Crippen molar-refractivity contribution in [2.24, 2.45) is 0 Å². The Labute approximate surface area is 129 Å². The summed E-state index contributed by atoms with van der Waals surface area (Å²) in [7, 11) is 0. The van der Waals surface area contributed by atoms with Crippen LogP contribution in [0.5, 0.6) is 0 Å². The van der Waals surface area contributed by atoms with Crippen LogP contribution in [0, 0.1) is 6.92 Å². The summed E-state index contributed by atoms with van der Waals surface area (Å²) in [5.74, 6) is 1.63. The van der Waals surface area contributed by atoms with Gasteiger partial charge in [0.25, 0.3) is 0 Å². The summed E-state index contributed by atoms with van der Waals surface area (Å²) >= 11 is 1.71. The quantitative estimate of drug-likeness (QED) is 0.886. The van der Waals surface area contributed by atoms with Crippen molar-refractivity contribution in [3.63, 3.8) is 0 Å². The van der Waals surface area contributed by atoms with Crippen molar-refractivity contribution in [1.29, 1.82) is 0 Å². The molecule has 21 heavy (non-hydrogen) atoms. The van der Waals surface area contributed by atoms with E-state index in [-0.39, 0.29) is 6.10 Å². The average Bonchev–Trinajstić information content (AvgIpc) is 3.02. The predicted molar refractivity (Wildman–Crippen MR) is 88.4 cm³/mol. The Kier molecular flexibility index (Phi) is 4.26. The minimum atomic E-state index is 0.224. The van der Waals surface area contributed by atoms with E-state index < -0.39 is 0 Å². The van der Waals surface area contributed by atoms with E-state index >= 15 is 0 Å². The lowest BCUT2D eigenvalue weighted by molar-refractivity contribution is 0.121. The highest BCUT2D eigenvalue weighted by atomic mass is 32.1. The molecule has 0 spiro atoms. The molecule has 2 N–H and O–H groups in total. The molecule has 2 atom stereocenters. The third-order valence-electron chi connectivity index (χ3n) is 3.75. The van der Waals surface area contributed by atoms with Gasteiger partial charge in [-0.15, -0.1) is 11.3 Å². The first-order chi connectivity index (χ1) is 10.2. The van der Waals surface area contributed by atoms with Crippen LogP contribution in [0.1, 0.15) is 31.6 Å². The maximum Gasteiger partial charge on any atom is 0.226 e. The lowest BCUT2D eigenvalue weighted by Gasteiger charge is -2.17. The molecule has 0 aromatic carbocycles. The van der Waals surface area contributed by atoms with Crippen molar-refractivity contribution in [1.82, 2.24) is 9.97 Å². The van der Waals surface area contributed by atoms with Crippen molar-refractivity contribution < 1.29 is 4.74 Å². The standard InChI is InChI=1S/C15H22N4OS/c1-4-6-16-15-18-13(17-12-5-7-20-10(12)3)11-8-9(2)21-14(11)19-15/h8,10,12H,4-7H2,1-3H3,(H2,16,17,18,19). The Balaban J connectivity index is 1.93. The molecular formula is C15H22N4OS. The fourth-order valence-corrected chi connectivity index (χ4v) is 3.44. The van der Waals surface area contributed by atoms with Crippen molar-refractivity contribution in [2.45, 2.75) is 45.8 Å². The zero-order chi connectivity index (χ0) is 14.8. The molecule has 2 unspecified atom stereocenters. The maximum absolute atomic E-state index is 5.63. The number of hydrogen-bond donors (Lipinski definition) is 2. The van der Waals surface area contributed by atoms with Crippen LogP contribution >= 0.6 is 11.3 Å². The second-order valence-electron chi connectivity index (χ2n) is 5.51. The van der Waals surface area contributed by atoms with Gasteiger partial charge in [0, 0.05) is 18.0 Å². The summed E-state index contributed by atoms with van der Waals surface area (Å²) in [5.41, 5.74) is 0. The van der Waals surface area contributed by atoms with Crippen LogP contribution in [-0.4, -0.2) is 35.3 Å². The zero-order valence-corrected chi connectivity index (χ0v) is 13.6. The highest BCUT2D eigenvalue weighted by Crippen LogP contribution is 2.31. The van der Waals surface area contributed by atoms with E-state index in [1.54, 1.807) is 11.3 Å². The molecule has 1 aliphatic heterocycles. The van der Waals surface area contributed by atoms with Crippen molar-refractivity contribution >= 4 is 33.3 Å². The zero-order valence-electron chi connectivity index (χ0n) is 12.8. The number of nitrogens with one attached hydrogen (secondary N) is 2. The lowest BCUT2D eigenvalue weighted by Crippen LogP contribution is -2.27. The van der Waals surface area contributed by atoms with Gasteiger partial charge in [-0.3, -0.25) is 0 Å². The molecule has 0 aliphatic carbocycles. The first-order valence-corrected chi connectivity index (χ1v) is 8.39. The van der Waals surface area contributed by atoms with Gasteiger partial charge in [0.1, 0.15) is 10.6 Å². The second kappa shape index (κ2) is 6.15. The third-order valence-corrected chi connectivity index (χ3v) is 4.69. The van der Waals surface area contributed by atoms with Crippen molar-refractivity contribution in [3.05, 3.63) is 10.9 Å². The van der Waals surface area contributed by atoms with Gasteiger partial charge < -0.3 is 15.4 Å². The van der Waals surface area contributed by atoms with E-state index in [0.717, 1.165) is 42.0 Å². The van der Waals surface area contributed by atoms with Crippen LogP contribution in [0.15, 0.2) is 6.07 Å². The van der Waals surface area contributed by atoms with Gasteiger partial charge in [0.2, 0.25) is 5.95 Å². The van der Waals surface area contributed by atoms with E-state index in [4.69, 9.17) is 4.74 Å². The minimum absolute atomic E-state index is 0.224. The second-order valence-corrected chi connectivity index (χ2v) is 6.75. The summed E-state index contributed by atoms with van der Waals surface area (Å²) in [5, 5.41) is 7.95. The molecule has 0 bridgehead atoms. The van der Waals surface area contributed by atoms with Gasteiger partial charge in [-0.1, -0.05) is 6.92 Å². The Morgan fingerprint density at radius 3 is 3.00 bits per heavy atom. The SMILES string of the molecule is CCCNc1nc(NC2CCOC2C)c2cc(C)sc2n1. The summed E-state index contributed by atoms with van der Waals surface area (Å²) in [6.07, 6.45) is 2.30. The number of nitrogens with zero attached hydrogens (tertiary/aromatic N) is 2. The number of anilines is 2. The highest BCUT2D eigenvalue weighted by Gasteiger charge is 2.25. The molecule has 2 aromatic heterocycles. The van der Waals surface area contributed by atoms with Crippen LogP contribution in [0.3, 0.4) is 0 Å². The summed E-state index contributed by atoms with van der Waals surface area (Å²) in [6, 6.07) is 2.48. The maximum atomic E-state index is 5.63. The van der Waals surface area contributed by atoms with E-state index in [0.29, 0.717) is 12.0 Å². The molecule has 114 valence electrons. The largest absolute Gasteiger partial charge is 0.376 e. The number of ether oxygens (including phenoxy) is 1. The predicted octanol–water partition coefficient (Wildman–Crippen LogP) is 3.41. The summed E-state index contributed by atoms with van der Waals surface area (Å²) < 4.78 is 5.63. The first-order valence-electron chi connectivity index (χ1n) is 7.57. The molecule has 2 aromatic rings. The Morgan fingerprint density at radius 1 is 1.43 bits per heavy atom. The smallest absolute Gasteiger partial charge is 0.226 e. The van der Waals surface area contributed by atoms with Crippen molar-refractivity contribution in [3.8, 4) is 0 Å². The van der Waals surface area contributed by atoms with Crippen LogP contribution in [-0.2, 0) is 4.74 Å². The highest BCUT2D eigenvalue weighted by molar-refractivity contribution is 7.18. The molecule has 1 saturated heterocycles. The van der Waals surface area contributed by atoms with Crippen LogP contribution in [0.2, 0.25) is 0 Å². The van der Waals surface area contributed by atoms with Gasteiger partial charge in [-0.25, -0.2) is 4.98 Å². The normalized spacial score (nSPS) is 21.9.